The van der Waals surface area contributed by atoms with Gasteiger partial charge in [-0.3, -0.25) is 0 Å². The van der Waals surface area contributed by atoms with Crippen molar-refractivity contribution >= 4 is 34.5 Å². The lowest BCUT2D eigenvalue weighted by molar-refractivity contribution is 0.559. The molecule has 1 nitrogen and oxygen atoms in total. The van der Waals surface area contributed by atoms with Gasteiger partial charge < -0.3 is 5.32 Å². The summed E-state index contributed by atoms with van der Waals surface area (Å²) in [7, 11) is 1.91. The van der Waals surface area contributed by atoms with Crippen LogP contribution in [0.4, 0.5) is 4.39 Å². The van der Waals surface area contributed by atoms with Crippen molar-refractivity contribution in [3.8, 4) is 0 Å². The van der Waals surface area contributed by atoms with E-state index in [9.17, 15) is 4.39 Å². The van der Waals surface area contributed by atoms with E-state index >= 15 is 0 Å². The number of hydrogen-bond donors (Lipinski definition) is 1. The molecule has 0 aliphatic heterocycles. The molecule has 1 aromatic carbocycles. The zero-order valence-corrected chi connectivity index (χ0v) is 12.7. The Morgan fingerprint density at radius 2 is 2.00 bits per heavy atom. The maximum Gasteiger partial charge on any atom is 0.124 e. The minimum absolute atomic E-state index is 0.248. The highest BCUT2D eigenvalue weighted by Gasteiger charge is 2.12. The van der Waals surface area contributed by atoms with E-state index in [2.05, 4.69) is 5.32 Å². The van der Waals surface area contributed by atoms with E-state index in [1.807, 2.05) is 19.2 Å². The van der Waals surface area contributed by atoms with E-state index in [-0.39, 0.29) is 11.9 Å². The fourth-order valence-corrected chi connectivity index (χ4v) is 3.35. The molecule has 1 aromatic heterocycles. The van der Waals surface area contributed by atoms with Crippen molar-refractivity contribution in [3.05, 3.63) is 55.9 Å². The molecule has 102 valence electrons. The van der Waals surface area contributed by atoms with E-state index in [1.165, 1.54) is 17.0 Å². The van der Waals surface area contributed by atoms with Gasteiger partial charge in [0.2, 0.25) is 0 Å². The number of nitrogens with one attached hydrogen (secondary N) is 1. The first kappa shape index (κ1) is 14.8. The van der Waals surface area contributed by atoms with Crippen LogP contribution < -0.4 is 5.32 Å². The van der Waals surface area contributed by atoms with Gasteiger partial charge in [0.15, 0.2) is 0 Å². The minimum atomic E-state index is -0.306. The normalized spacial score (nSPS) is 12.6. The number of thiophene rings is 1. The molecule has 0 saturated carbocycles. The Balaban J connectivity index is 2.06. The quantitative estimate of drug-likeness (QED) is 0.852. The fraction of sp³-hybridized carbons (Fsp3) is 0.286. The number of benzene rings is 1. The predicted octanol–water partition coefficient (Wildman–Crippen LogP) is 4.57. The standard InChI is InChI=1S/C14H14Cl2FNS/c1-18-11(8-12-4-5-14(16)19-12)6-9-2-3-10(17)7-13(9)15/h2-5,7,11,18H,6,8H2,1H3. The molecule has 0 spiro atoms. The van der Waals surface area contributed by atoms with Crippen molar-refractivity contribution in [2.45, 2.75) is 18.9 Å². The summed E-state index contributed by atoms with van der Waals surface area (Å²) in [5.74, 6) is -0.306. The minimum Gasteiger partial charge on any atom is -0.316 e. The molecular weight excluding hydrogens is 304 g/mol. The van der Waals surface area contributed by atoms with Crippen molar-refractivity contribution < 1.29 is 4.39 Å². The highest BCUT2D eigenvalue weighted by molar-refractivity contribution is 7.16. The van der Waals surface area contributed by atoms with Gasteiger partial charge in [0.05, 0.1) is 4.34 Å². The molecule has 1 N–H and O–H groups in total. The monoisotopic (exact) mass is 317 g/mol. The van der Waals surface area contributed by atoms with Crippen molar-refractivity contribution in [2.75, 3.05) is 7.05 Å². The summed E-state index contributed by atoms with van der Waals surface area (Å²) < 4.78 is 13.8. The molecule has 0 aliphatic rings. The summed E-state index contributed by atoms with van der Waals surface area (Å²) in [6.07, 6.45) is 1.63. The van der Waals surface area contributed by atoms with E-state index < -0.39 is 0 Å². The zero-order valence-electron chi connectivity index (χ0n) is 10.4. The average Bonchev–Trinajstić information content (AvgIpc) is 2.77. The van der Waals surface area contributed by atoms with Crippen LogP contribution in [0.2, 0.25) is 9.36 Å². The Hall–Kier alpha value is -0.610. The first-order chi connectivity index (χ1) is 9.08. The third-order valence-corrected chi connectivity index (χ3v) is 4.57. The van der Waals surface area contributed by atoms with E-state index in [0.29, 0.717) is 5.02 Å². The lowest BCUT2D eigenvalue weighted by Gasteiger charge is -2.16. The molecular formula is C14H14Cl2FNS. The van der Waals surface area contributed by atoms with Crippen molar-refractivity contribution in [1.82, 2.24) is 5.32 Å². The first-order valence-corrected chi connectivity index (χ1v) is 7.51. The van der Waals surface area contributed by atoms with Gasteiger partial charge in [-0.1, -0.05) is 29.3 Å². The van der Waals surface area contributed by atoms with Gasteiger partial charge in [-0.2, -0.15) is 0 Å². The Morgan fingerprint density at radius 3 is 2.58 bits per heavy atom. The van der Waals surface area contributed by atoms with Crippen molar-refractivity contribution in [2.24, 2.45) is 0 Å². The number of likely N-dealkylation sites (N-methyl/N-ethyl adjacent to an activating group) is 1. The second-order valence-corrected chi connectivity index (χ2v) is 6.54. The molecule has 5 heteroatoms. The Kier molecular flexibility index (Phi) is 5.22. The molecule has 0 saturated heterocycles. The second kappa shape index (κ2) is 6.71. The summed E-state index contributed by atoms with van der Waals surface area (Å²) in [4.78, 5) is 1.22. The smallest absolute Gasteiger partial charge is 0.124 e. The van der Waals surface area contributed by atoms with Gasteiger partial charge in [0, 0.05) is 15.9 Å². The maximum absolute atomic E-state index is 13.0. The van der Waals surface area contributed by atoms with Crippen LogP contribution in [0.1, 0.15) is 10.4 Å². The predicted molar refractivity (Wildman–Crippen MR) is 81.0 cm³/mol. The van der Waals surface area contributed by atoms with Gasteiger partial charge in [-0.15, -0.1) is 11.3 Å². The Labute approximate surface area is 126 Å². The topological polar surface area (TPSA) is 12.0 Å². The lowest BCUT2D eigenvalue weighted by atomic mass is 10.0. The van der Waals surface area contributed by atoms with Gasteiger partial charge in [-0.05, 0) is 49.7 Å². The maximum atomic E-state index is 13.0. The molecule has 1 unspecified atom stereocenters. The summed E-state index contributed by atoms with van der Waals surface area (Å²) in [6, 6.07) is 8.71. The Morgan fingerprint density at radius 1 is 1.21 bits per heavy atom. The highest BCUT2D eigenvalue weighted by atomic mass is 35.5. The molecule has 0 radical (unpaired) electrons. The third kappa shape index (κ3) is 4.18. The van der Waals surface area contributed by atoms with Crippen LogP contribution in [0.3, 0.4) is 0 Å². The number of hydrogen-bond acceptors (Lipinski definition) is 2. The van der Waals surface area contributed by atoms with Crippen LogP contribution in [-0.2, 0) is 12.8 Å². The van der Waals surface area contributed by atoms with Gasteiger partial charge in [-0.25, -0.2) is 4.39 Å². The lowest BCUT2D eigenvalue weighted by Crippen LogP contribution is -2.29. The highest BCUT2D eigenvalue weighted by Crippen LogP contribution is 2.24. The molecule has 1 heterocycles. The van der Waals surface area contributed by atoms with Gasteiger partial charge in [0.25, 0.3) is 0 Å². The van der Waals surface area contributed by atoms with Crippen LogP contribution in [0, 0.1) is 5.82 Å². The average molecular weight is 318 g/mol. The summed E-state index contributed by atoms with van der Waals surface area (Å²) in [5.41, 5.74) is 0.949. The summed E-state index contributed by atoms with van der Waals surface area (Å²) in [5, 5.41) is 3.74. The summed E-state index contributed by atoms with van der Waals surface area (Å²) in [6.45, 7) is 0. The fourth-order valence-electron chi connectivity index (χ4n) is 1.93. The van der Waals surface area contributed by atoms with Crippen LogP contribution in [-0.4, -0.2) is 13.1 Å². The van der Waals surface area contributed by atoms with Crippen molar-refractivity contribution in [3.63, 3.8) is 0 Å². The molecule has 2 rings (SSSR count). The van der Waals surface area contributed by atoms with Crippen LogP contribution >= 0.6 is 34.5 Å². The van der Waals surface area contributed by atoms with Crippen molar-refractivity contribution in [1.29, 1.82) is 0 Å². The van der Waals surface area contributed by atoms with Crippen LogP contribution in [0.15, 0.2) is 30.3 Å². The first-order valence-electron chi connectivity index (χ1n) is 5.94. The molecule has 0 bridgehead atoms. The van der Waals surface area contributed by atoms with Crippen LogP contribution in [0.5, 0.6) is 0 Å². The Bertz CT molecular complexity index is 556. The second-order valence-electron chi connectivity index (χ2n) is 4.34. The van der Waals surface area contributed by atoms with Crippen LogP contribution in [0.25, 0.3) is 0 Å². The molecule has 0 amide bonds. The number of halogens is 3. The molecule has 0 fully saturated rings. The van der Waals surface area contributed by atoms with E-state index in [0.717, 1.165) is 22.7 Å². The number of rotatable bonds is 5. The molecule has 19 heavy (non-hydrogen) atoms. The molecule has 0 aliphatic carbocycles. The van der Waals surface area contributed by atoms with E-state index in [4.69, 9.17) is 23.2 Å². The van der Waals surface area contributed by atoms with Gasteiger partial charge in [0.1, 0.15) is 5.82 Å². The third-order valence-electron chi connectivity index (χ3n) is 2.97. The summed E-state index contributed by atoms with van der Waals surface area (Å²) >= 11 is 13.6. The SMILES string of the molecule is CNC(Cc1ccc(Cl)s1)Cc1ccc(F)cc1Cl. The molecule has 2 aromatic rings. The zero-order chi connectivity index (χ0) is 13.8. The largest absolute Gasteiger partial charge is 0.316 e. The van der Waals surface area contributed by atoms with E-state index in [1.54, 1.807) is 17.4 Å². The molecule has 1 atom stereocenters. The van der Waals surface area contributed by atoms with Gasteiger partial charge >= 0.3 is 0 Å².